The van der Waals surface area contributed by atoms with E-state index in [0.717, 1.165) is 41.8 Å². The zero-order chi connectivity index (χ0) is 22.0. The number of anilines is 1. The van der Waals surface area contributed by atoms with Gasteiger partial charge in [0.1, 0.15) is 18.5 Å². The van der Waals surface area contributed by atoms with Gasteiger partial charge in [-0.3, -0.25) is 4.90 Å². The van der Waals surface area contributed by atoms with Gasteiger partial charge in [-0.05, 0) is 66.9 Å². The molecule has 4 rings (SSSR count). The molecule has 1 heterocycles. The molecule has 0 saturated carbocycles. The van der Waals surface area contributed by atoms with Crippen molar-refractivity contribution in [2.75, 3.05) is 44.2 Å². The molecule has 0 bridgehead atoms. The summed E-state index contributed by atoms with van der Waals surface area (Å²) in [5.74, 6) is 0.795. The Morgan fingerprint density at radius 3 is 2.26 bits per heavy atom. The fourth-order valence-electron chi connectivity index (χ4n) is 4.65. The first kappa shape index (κ1) is 22.1. The first-order chi connectivity index (χ1) is 14.9. The number of benzene rings is 3. The Labute approximate surface area is 193 Å². The van der Waals surface area contributed by atoms with Crippen LogP contribution in [0.4, 0.5) is 5.69 Å². The van der Waals surface area contributed by atoms with Crippen LogP contribution in [0.15, 0.2) is 53.0 Å². The van der Waals surface area contributed by atoms with Gasteiger partial charge in [0.25, 0.3) is 0 Å². The Kier molecular flexibility index (Phi) is 6.85. The van der Waals surface area contributed by atoms with Crippen LogP contribution in [0, 0.1) is 20.8 Å². The van der Waals surface area contributed by atoms with Gasteiger partial charge in [-0.1, -0.05) is 45.8 Å². The molecule has 3 aromatic rings. The van der Waals surface area contributed by atoms with E-state index in [1.54, 1.807) is 0 Å². The summed E-state index contributed by atoms with van der Waals surface area (Å²) in [4.78, 5) is 4.82. The van der Waals surface area contributed by atoms with Gasteiger partial charge in [0.05, 0.1) is 0 Å². The highest BCUT2D eigenvalue weighted by molar-refractivity contribution is 9.10. The fourth-order valence-corrected chi connectivity index (χ4v) is 5.03. The molecule has 1 atom stereocenters. The Balaban J connectivity index is 1.27. The predicted octanol–water partition coefficient (Wildman–Crippen LogP) is 5.09. The lowest BCUT2D eigenvalue weighted by molar-refractivity contribution is 0.0663. The van der Waals surface area contributed by atoms with Gasteiger partial charge in [0.15, 0.2) is 0 Å². The summed E-state index contributed by atoms with van der Waals surface area (Å²) in [6, 6.07) is 16.8. The molecular weight excluding hydrogens is 452 g/mol. The van der Waals surface area contributed by atoms with Crippen molar-refractivity contribution in [3.05, 3.63) is 69.7 Å². The van der Waals surface area contributed by atoms with E-state index in [1.165, 1.54) is 27.8 Å². The Morgan fingerprint density at radius 1 is 0.903 bits per heavy atom. The molecule has 1 N–H and O–H groups in total. The molecule has 0 spiro atoms. The molecule has 3 aromatic carbocycles. The first-order valence-corrected chi connectivity index (χ1v) is 11.7. The third-order valence-corrected chi connectivity index (χ3v) is 6.50. The molecule has 0 amide bonds. The smallest absolute Gasteiger partial charge is 0.120 e. The molecule has 164 valence electrons. The summed E-state index contributed by atoms with van der Waals surface area (Å²) in [5.41, 5.74) is 5.39. The number of β-amino-alcohol motifs (C(OH)–C–C–N with tert-alkyl or cyclic N) is 1. The van der Waals surface area contributed by atoms with Crippen molar-refractivity contribution < 1.29 is 9.84 Å². The van der Waals surface area contributed by atoms with Crippen LogP contribution in [-0.2, 0) is 0 Å². The van der Waals surface area contributed by atoms with E-state index in [0.29, 0.717) is 13.2 Å². The number of aliphatic hydroxyl groups excluding tert-OH is 1. The van der Waals surface area contributed by atoms with Crippen molar-refractivity contribution in [2.45, 2.75) is 26.9 Å². The number of ether oxygens (including phenoxy) is 1. The van der Waals surface area contributed by atoms with Crippen LogP contribution in [0.1, 0.15) is 16.7 Å². The van der Waals surface area contributed by atoms with Crippen molar-refractivity contribution in [1.29, 1.82) is 0 Å². The van der Waals surface area contributed by atoms with Crippen LogP contribution in [0.25, 0.3) is 10.8 Å². The monoisotopic (exact) mass is 482 g/mol. The number of hydrogen-bond acceptors (Lipinski definition) is 4. The lowest BCUT2D eigenvalue weighted by atomic mass is 10.0. The van der Waals surface area contributed by atoms with Crippen LogP contribution in [-0.4, -0.2) is 55.4 Å². The minimum Gasteiger partial charge on any atom is -0.491 e. The second-order valence-electron chi connectivity index (χ2n) is 8.65. The number of rotatable bonds is 6. The van der Waals surface area contributed by atoms with Gasteiger partial charge >= 0.3 is 0 Å². The zero-order valence-corrected chi connectivity index (χ0v) is 20.2. The molecule has 0 aromatic heterocycles. The number of halogens is 1. The largest absolute Gasteiger partial charge is 0.491 e. The molecule has 1 fully saturated rings. The highest BCUT2D eigenvalue weighted by atomic mass is 79.9. The maximum atomic E-state index is 10.5. The van der Waals surface area contributed by atoms with Crippen molar-refractivity contribution >= 4 is 32.4 Å². The van der Waals surface area contributed by atoms with E-state index in [9.17, 15) is 5.11 Å². The molecule has 1 unspecified atom stereocenters. The Bertz CT molecular complexity index is 1040. The third kappa shape index (κ3) is 5.40. The molecule has 31 heavy (non-hydrogen) atoms. The van der Waals surface area contributed by atoms with E-state index in [2.05, 4.69) is 76.8 Å². The van der Waals surface area contributed by atoms with Gasteiger partial charge in [-0.25, -0.2) is 0 Å². The van der Waals surface area contributed by atoms with Crippen molar-refractivity contribution in [2.24, 2.45) is 0 Å². The number of nitrogens with zero attached hydrogens (tertiary/aromatic N) is 2. The Hall–Kier alpha value is -2.08. The summed E-state index contributed by atoms with van der Waals surface area (Å²) in [6.07, 6.45) is -0.505. The number of aryl methyl sites for hydroxylation is 3. The maximum absolute atomic E-state index is 10.5. The molecule has 4 nitrogen and oxygen atoms in total. The van der Waals surface area contributed by atoms with E-state index in [-0.39, 0.29) is 0 Å². The summed E-state index contributed by atoms with van der Waals surface area (Å²) in [5, 5.41) is 12.8. The average molecular weight is 483 g/mol. The van der Waals surface area contributed by atoms with Crippen LogP contribution in [0.3, 0.4) is 0 Å². The second-order valence-corrected chi connectivity index (χ2v) is 9.57. The van der Waals surface area contributed by atoms with Crippen molar-refractivity contribution in [3.63, 3.8) is 0 Å². The Morgan fingerprint density at radius 2 is 1.55 bits per heavy atom. The number of aliphatic hydroxyl groups is 1. The van der Waals surface area contributed by atoms with Crippen LogP contribution < -0.4 is 9.64 Å². The second kappa shape index (κ2) is 9.60. The molecular formula is C26H31BrN2O2. The molecule has 0 aliphatic carbocycles. The van der Waals surface area contributed by atoms with Crippen molar-refractivity contribution in [3.8, 4) is 5.75 Å². The predicted molar refractivity (Wildman–Crippen MR) is 132 cm³/mol. The minimum absolute atomic E-state index is 0.304. The lowest BCUT2D eigenvalue weighted by Gasteiger charge is -2.38. The highest BCUT2D eigenvalue weighted by Gasteiger charge is 2.21. The van der Waals surface area contributed by atoms with E-state index >= 15 is 0 Å². The van der Waals surface area contributed by atoms with E-state index in [4.69, 9.17) is 4.74 Å². The van der Waals surface area contributed by atoms with Crippen LogP contribution >= 0.6 is 15.9 Å². The summed E-state index contributed by atoms with van der Waals surface area (Å²) in [6.45, 7) is 11.4. The van der Waals surface area contributed by atoms with Gasteiger partial charge in [0.2, 0.25) is 0 Å². The molecule has 1 aliphatic rings. The van der Waals surface area contributed by atoms with Gasteiger partial charge in [-0.2, -0.15) is 0 Å². The maximum Gasteiger partial charge on any atom is 0.120 e. The average Bonchev–Trinajstić information content (AvgIpc) is 2.73. The number of hydrogen-bond donors (Lipinski definition) is 1. The summed E-state index contributed by atoms with van der Waals surface area (Å²) >= 11 is 3.50. The SMILES string of the molecule is Cc1cc(C)c(N2CCN(CC(O)COc3ccc4cc(Br)ccc4c3)CC2)c(C)c1. The third-order valence-electron chi connectivity index (χ3n) is 6.01. The van der Waals surface area contributed by atoms with Gasteiger partial charge < -0.3 is 14.7 Å². The number of piperazine rings is 1. The fraction of sp³-hybridized carbons (Fsp3) is 0.385. The van der Waals surface area contributed by atoms with Gasteiger partial charge in [-0.15, -0.1) is 0 Å². The molecule has 1 aliphatic heterocycles. The quantitative estimate of drug-likeness (QED) is 0.530. The van der Waals surface area contributed by atoms with Crippen LogP contribution in [0.2, 0.25) is 0 Å². The minimum atomic E-state index is -0.505. The first-order valence-electron chi connectivity index (χ1n) is 10.9. The summed E-state index contributed by atoms with van der Waals surface area (Å²) in [7, 11) is 0. The van der Waals surface area contributed by atoms with Crippen LogP contribution in [0.5, 0.6) is 5.75 Å². The molecule has 1 saturated heterocycles. The van der Waals surface area contributed by atoms with E-state index in [1.807, 2.05) is 18.2 Å². The molecule has 0 radical (unpaired) electrons. The summed E-state index contributed by atoms with van der Waals surface area (Å²) < 4.78 is 6.95. The number of fused-ring (bicyclic) bond motifs is 1. The normalized spacial score (nSPS) is 16.0. The molecule has 5 heteroatoms. The standard InChI is InChI=1S/C26H31BrN2O2/c1-18-12-19(2)26(20(3)13-18)29-10-8-28(9-11-29)16-24(30)17-31-25-7-5-21-14-23(27)6-4-22(21)15-25/h4-7,12-15,24,30H,8-11,16-17H2,1-3H3. The highest BCUT2D eigenvalue weighted by Crippen LogP contribution is 2.27. The zero-order valence-electron chi connectivity index (χ0n) is 18.6. The van der Waals surface area contributed by atoms with Gasteiger partial charge in [0, 0.05) is 42.9 Å². The topological polar surface area (TPSA) is 35.9 Å². The van der Waals surface area contributed by atoms with E-state index < -0.39 is 6.10 Å². The van der Waals surface area contributed by atoms with Crippen molar-refractivity contribution in [1.82, 2.24) is 4.90 Å². The lowest BCUT2D eigenvalue weighted by Crippen LogP contribution is -2.49.